The normalized spacial score (nSPS) is 10.9. The molecule has 0 unspecified atom stereocenters. The number of phenols is 1. The number of rotatable bonds is 3. The molecule has 2 rings (SSSR count). The van der Waals surface area contributed by atoms with E-state index in [-0.39, 0.29) is 11.6 Å². The lowest BCUT2D eigenvalue weighted by atomic mass is 10.2. The van der Waals surface area contributed by atoms with E-state index < -0.39 is 0 Å². The third-order valence-electron chi connectivity index (χ3n) is 2.47. The average Bonchev–Trinajstić information content (AvgIpc) is 2.41. The molecule has 0 saturated carbocycles. The quantitative estimate of drug-likeness (QED) is 0.866. The van der Waals surface area contributed by atoms with Gasteiger partial charge in [-0.05, 0) is 36.4 Å². The van der Waals surface area contributed by atoms with Crippen LogP contribution < -0.4 is 4.74 Å². The van der Waals surface area contributed by atoms with Crippen molar-refractivity contribution < 1.29 is 14.2 Å². The second-order valence-corrected chi connectivity index (χ2v) is 4.70. The smallest absolute Gasteiger partial charge is 0.166 e. The van der Waals surface area contributed by atoms with Gasteiger partial charge in [0.25, 0.3) is 0 Å². The van der Waals surface area contributed by atoms with Crippen molar-refractivity contribution >= 4 is 27.8 Å². The van der Waals surface area contributed by atoms with Crippen LogP contribution in [0.2, 0.25) is 0 Å². The van der Waals surface area contributed by atoms with Crippen LogP contribution in [-0.4, -0.2) is 18.4 Å². The van der Waals surface area contributed by atoms with E-state index in [1.807, 2.05) is 0 Å². The summed E-state index contributed by atoms with van der Waals surface area (Å²) in [6, 6.07) is 9.13. The molecule has 0 bridgehead atoms. The molecule has 0 fully saturated rings. The number of methoxy groups -OCH3 is 1. The molecule has 0 aliphatic rings. The highest BCUT2D eigenvalue weighted by molar-refractivity contribution is 9.10. The Kier molecular flexibility index (Phi) is 4.16. The van der Waals surface area contributed by atoms with Crippen LogP contribution in [0.4, 0.5) is 10.1 Å². The Morgan fingerprint density at radius 3 is 2.58 bits per heavy atom. The van der Waals surface area contributed by atoms with Gasteiger partial charge in [0.2, 0.25) is 0 Å². The van der Waals surface area contributed by atoms with Gasteiger partial charge in [0.05, 0.1) is 12.8 Å². The molecule has 0 aliphatic heterocycles. The fourth-order valence-electron chi connectivity index (χ4n) is 1.52. The lowest BCUT2D eigenvalue weighted by molar-refractivity contribution is 0.373. The molecule has 19 heavy (non-hydrogen) atoms. The van der Waals surface area contributed by atoms with Crippen molar-refractivity contribution in [3.63, 3.8) is 0 Å². The number of phenolic OH excluding ortho intramolecular Hbond substituents is 1. The van der Waals surface area contributed by atoms with Gasteiger partial charge in [0.15, 0.2) is 11.5 Å². The predicted octanol–water partition coefficient (Wildman–Crippen LogP) is 4.05. The first-order valence-electron chi connectivity index (χ1n) is 5.46. The molecule has 0 aromatic heterocycles. The van der Waals surface area contributed by atoms with Gasteiger partial charge in [-0.1, -0.05) is 15.9 Å². The zero-order chi connectivity index (χ0) is 13.8. The third-order valence-corrected chi connectivity index (χ3v) is 2.93. The summed E-state index contributed by atoms with van der Waals surface area (Å²) in [6.45, 7) is 0. The second kappa shape index (κ2) is 5.84. The summed E-state index contributed by atoms with van der Waals surface area (Å²) in [6.07, 6.45) is 1.50. The van der Waals surface area contributed by atoms with Gasteiger partial charge < -0.3 is 9.84 Å². The summed E-state index contributed by atoms with van der Waals surface area (Å²) in [5.74, 6) is 0.0532. The number of nitrogens with zero attached hydrogens (tertiary/aromatic N) is 1. The highest BCUT2D eigenvalue weighted by atomic mass is 79.9. The Bertz CT molecular complexity index is 612. The first-order chi connectivity index (χ1) is 9.10. The molecular weight excluding hydrogens is 313 g/mol. The maximum atomic E-state index is 12.8. The number of halogens is 2. The topological polar surface area (TPSA) is 41.8 Å². The van der Waals surface area contributed by atoms with Gasteiger partial charge in [-0.2, -0.15) is 0 Å². The minimum absolute atomic E-state index is 0.0107. The SMILES string of the molecule is COc1cc(Br)cc(/C=N/c2ccc(F)cc2)c1O. The molecule has 2 aromatic carbocycles. The first kappa shape index (κ1) is 13.5. The minimum atomic E-state index is -0.314. The molecule has 5 heteroatoms. The van der Waals surface area contributed by atoms with Crippen molar-refractivity contribution in [1.82, 2.24) is 0 Å². The summed E-state index contributed by atoms with van der Waals surface area (Å²) >= 11 is 3.32. The second-order valence-electron chi connectivity index (χ2n) is 3.78. The lowest BCUT2D eigenvalue weighted by Gasteiger charge is -2.06. The van der Waals surface area contributed by atoms with E-state index in [1.165, 1.54) is 25.5 Å². The zero-order valence-electron chi connectivity index (χ0n) is 10.1. The van der Waals surface area contributed by atoms with Crippen LogP contribution in [0, 0.1) is 5.82 Å². The van der Waals surface area contributed by atoms with E-state index in [4.69, 9.17) is 4.74 Å². The summed E-state index contributed by atoms with van der Waals surface area (Å²) in [5, 5.41) is 9.94. The standard InChI is InChI=1S/C14H11BrFNO2/c1-19-13-7-10(15)6-9(14(13)18)8-17-12-4-2-11(16)3-5-12/h2-8,18H,1H3/b17-8+. The maximum Gasteiger partial charge on any atom is 0.166 e. The van der Waals surface area contributed by atoms with E-state index in [2.05, 4.69) is 20.9 Å². The molecule has 0 radical (unpaired) electrons. The first-order valence-corrected chi connectivity index (χ1v) is 6.25. The van der Waals surface area contributed by atoms with Gasteiger partial charge in [-0.25, -0.2) is 4.39 Å². The molecule has 98 valence electrons. The molecule has 1 N–H and O–H groups in total. The van der Waals surface area contributed by atoms with Gasteiger partial charge >= 0.3 is 0 Å². The van der Waals surface area contributed by atoms with E-state index in [0.717, 1.165) is 4.47 Å². The summed E-state index contributed by atoms with van der Waals surface area (Å²) in [5.41, 5.74) is 1.11. The number of ether oxygens (including phenoxy) is 1. The van der Waals surface area contributed by atoms with Crippen LogP contribution >= 0.6 is 15.9 Å². The Labute approximate surface area is 118 Å². The summed E-state index contributed by atoms with van der Waals surface area (Å²) < 4.78 is 18.6. The molecule has 0 spiro atoms. The van der Waals surface area contributed by atoms with Crippen LogP contribution in [0.15, 0.2) is 45.9 Å². The predicted molar refractivity (Wildman–Crippen MR) is 76.0 cm³/mol. The van der Waals surface area contributed by atoms with Crippen LogP contribution in [0.5, 0.6) is 11.5 Å². The van der Waals surface area contributed by atoms with Crippen molar-refractivity contribution in [3.05, 3.63) is 52.3 Å². The Morgan fingerprint density at radius 2 is 1.95 bits per heavy atom. The number of aromatic hydroxyl groups is 1. The van der Waals surface area contributed by atoms with Gasteiger partial charge in [-0.3, -0.25) is 4.99 Å². The van der Waals surface area contributed by atoms with E-state index in [9.17, 15) is 9.50 Å². The van der Waals surface area contributed by atoms with E-state index >= 15 is 0 Å². The van der Waals surface area contributed by atoms with Crippen molar-refractivity contribution in [1.29, 1.82) is 0 Å². The number of hydrogen-bond acceptors (Lipinski definition) is 3. The number of hydrogen-bond donors (Lipinski definition) is 1. The van der Waals surface area contributed by atoms with Gasteiger partial charge in [0, 0.05) is 16.3 Å². The van der Waals surface area contributed by atoms with Crippen molar-refractivity contribution in [2.24, 2.45) is 4.99 Å². The van der Waals surface area contributed by atoms with Crippen LogP contribution in [0.25, 0.3) is 0 Å². The van der Waals surface area contributed by atoms with Crippen molar-refractivity contribution in [2.45, 2.75) is 0 Å². The molecule has 2 aromatic rings. The molecule has 0 amide bonds. The Morgan fingerprint density at radius 1 is 1.26 bits per heavy atom. The minimum Gasteiger partial charge on any atom is -0.504 e. The van der Waals surface area contributed by atoms with Gasteiger partial charge in [0.1, 0.15) is 5.82 Å². The van der Waals surface area contributed by atoms with Crippen LogP contribution in [0.3, 0.4) is 0 Å². The Balaban J connectivity index is 2.32. The van der Waals surface area contributed by atoms with Crippen molar-refractivity contribution in [2.75, 3.05) is 7.11 Å². The Hall–Kier alpha value is -1.88. The molecule has 0 atom stereocenters. The lowest BCUT2D eigenvalue weighted by Crippen LogP contribution is -1.89. The zero-order valence-corrected chi connectivity index (χ0v) is 11.7. The highest BCUT2D eigenvalue weighted by Gasteiger charge is 2.07. The van der Waals surface area contributed by atoms with E-state index in [0.29, 0.717) is 17.0 Å². The van der Waals surface area contributed by atoms with Gasteiger partial charge in [-0.15, -0.1) is 0 Å². The fourth-order valence-corrected chi connectivity index (χ4v) is 1.97. The van der Waals surface area contributed by atoms with Crippen LogP contribution in [-0.2, 0) is 0 Å². The summed E-state index contributed by atoms with van der Waals surface area (Å²) in [4.78, 5) is 4.17. The summed E-state index contributed by atoms with van der Waals surface area (Å²) in [7, 11) is 1.47. The third kappa shape index (κ3) is 3.32. The average molecular weight is 324 g/mol. The van der Waals surface area contributed by atoms with Crippen molar-refractivity contribution in [3.8, 4) is 11.5 Å². The van der Waals surface area contributed by atoms with Crippen LogP contribution in [0.1, 0.15) is 5.56 Å². The largest absolute Gasteiger partial charge is 0.504 e. The molecule has 0 aliphatic carbocycles. The molecule has 0 saturated heterocycles. The number of benzene rings is 2. The number of aliphatic imine (C=N–C) groups is 1. The highest BCUT2D eigenvalue weighted by Crippen LogP contribution is 2.32. The molecule has 0 heterocycles. The monoisotopic (exact) mass is 323 g/mol. The molecular formula is C14H11BrFNO2. The fraction of sp³-hybridized carbons (Fsp3) is 0.0714. The van der Waals surface area contributed by atoms with E-state index in [1.54, 1.807) is 24.3 Å². The maximum absolute atomic E-state index is 12.8. The molecule has 3 nitrogen and oxygen atoms in total.